The average Bonchev–Trinajstić information content (AvgIpc) is 2.15. The van der Waals surface area contributed by atoms with E-state index in [1.54, 1.807) is 0 Å². The molecule has 0 aliphatic heterocycles. The summed E-state index contributed by atoms with van der Waals surface area (Å²) in [7, 11) is 0. The van der Waals surface area contributed by atoms with E-state index >= 15 is 0 Å². The number of fused-ring (bicyclic) bond motifs is 1. The third kappa shape index (κ3) is 2.04. The summed E-state index contributed by atoms with van der Waals surface area (Å²) in [4.78, 5) is 3.73. The number of hydrogen-bond acceptors (Lipinski definition) is 1. The van der Waals surface area contributed by atoms with Crippen LogP contribution in [0.15, 0.2) is 30.5 Å². The molecule has 1 aromatic carbocycles. The molecule has 1 aromatic heterocycles. The fraction of sp³-hybridized carbons (Fsp3) is 0.100. The highest BCUT2D eigenvalue weighted by Gasteiger charge is 2.30. The molecule has 0 amide bonds. The van der Waals surface area contributed by atoms with Crippen LogP contribution in [-0.4, -0.2) is 4.98 Å². The van der Waals surface area contributed by atoms with Crippen molar-refractivity contribution in [2.24, 2.45) is 0 Å². The van der Waals surface area contributed by atoms with E-state index in [0.717, 1.165) is 12.1 Å². The summed E-state index contributed by atoms with van der Waals surface area (Å²) in [6.45, 7) is 0. The van der Waals surface area contributed by atoms with Gasteiger partial charge in [-0.1, -0.05) is 17.7 Å². The summed E-state index contributed by atoms with van der Waals surface area (Å²) in [5, 5.41) is 1.33. The van der Waals surface area contributed by atoms with Crippen molar-refractivity contribution in [2.75, 3.05) is 0 Å². The normalized spacial score (nSPS) is 12.0. The molecular weight excluding hydrogens is 227 g/mol. The summed E-state index contributed by atoms with van der Waals surface area (Å²) in [6, 6.07) is 4.99. The van der Waals surface area contributed by atoms with E-state index in [1.165, 1.54) is 18.3 Å². The lowest BCUT2D eigenvalue weighted by Crippen LogP contribution is -2.04. The average molecular weight is 232 g/mol. The minimum Gasteiger partial charge on any atom is -0.244 e. The van der Waals surface area contributed by atoms with E-state index in [2.05, 4.69) is 4.98 Å². The van der Waals surface area contributed by atoms with Gasteiger partial charge < -0.3 is 0 Å². The highest BCUT2D eigenvalue weighted by Crippen LogP contribution is 2.31. The summed E-state index contributed by atoms with van der Waals surface area (Å²) in [6.07, 6.45) is -3.00. The molecule has 0 saturated carbocycles. The van der Waals surface area contributed by atoms with Crippen LogP contribution in [0.2, 0.25) is 5.15 Å². The van der Waals surface area contributed by atoms with Crippen LogP contribution in [0, 0.1) is 0 Å². The van der Waals surface area contributed by atoms with Gasteiger partial charge in [0.05, 0.1) is 5.56 Å². The van der Waals surface area contributed by atoms with Crippen molar-refractivity contribution in [2.45, 2.75) is 6.18 Å². The molecule has 1 heterocycles. The molecule has 2 rings (SSSR count). The molecule has 0 spiro atoms. The van der Waals surface area contributed by atoms with Crippen LogP contribution in [-0.2, 0) is 6.18 Å². The Labute approximate surface area is 88.5 Å². The van der Waals surface area contributed by atoms with Gasteiger partial charge in [-0.15, -0.1) is 0 Å². The monoisotopic (exact) mass is 231 g/mol. The Bertz CT molecular complexity index is 507. The molecule has 0 N–H and O–H groups in total. The minimum atomic E-state index is -4.33. The molecule has 0 radical (unpaired) electrons. The first kappa shape index (κ1) is 10.2. The van der Waals surface area contributed by atoms with Crippen molar-refractivity contribution in [3.63, 3.8) is 0 Å². The highest BCUT2D eigenvalue weighted by atomic mass is 35.5. The smallest absolute Gasteiger partial charge is 0.244 e. The Morgan fingerprint density at radius 3 is 2.47 bits per heavy atom. The summed E-state index contributed by atoms with van der Waals surface area (Å²) in [5.41, 5.74) is -0.681. The summed E-state index contributed by atoms with van der Waals surface area (Å²) >= 11 is 5.62. The zero-order chi connectivity index (χ0) is 11.1. The van der Waals surface area contributed by atoms with Crippen LogP contribution in [0.5, 0.6) is 0 Å². The molecule has 0 saturated heterocycles. The van der Waals surface area contributed by atoms with Crippen LogP contribution >= 0.6 is 11.6 Å². The van der Waals surface area contributed by atoms with Gasteiger partial charge in [-0.05, 0) is 23.6 Å². The molecule has 5 heteroatoms. The Balaban J connectivity index is 2.62. The maximum absolute atomic E-state index is 12.3. The van der Waals surface area contributed by atoms with E-state index in [1.807, 2.05) is 0 Å². The highest BCUT2D eigenvalue weighted by molar-refractivity contribution is 6.30. The van der Waals surface area contributed by atoms with Crippen LogP contribution in [0.25, 0.3) is 10.8 Å². The second kappa shape index (κ2) is 3.38. The molecule has 78 valence electrons. The number of rotatable bonds is 0. The molecule has 0 atom stereocenters. The first-order chi connectivity index (χ1) is 6.97. The van der Waals surface area contributed by atoms with Crippen LogP contribution in [0.4, 0.5) is 13.2 Å². The molecular formula is C10H5ClF3N. The molecule has 15 heavy (non-hydrogen) atoms. The van der Waals surface area contributed by atoms with Crippen molar-refractivity contribution < 1.29 is 13.2 Å². The van der Waals surface area contributed by atoms with E-state index in [0.29, 0.717) is 10.8 Å². The van der Waals surface area contributed by atoms with Gasteiger partial charge in [0.1, 0.15) is 5.15 Å². The van der Waals surface area contributed by atoms with Crippen molar-refractivity contribution >= 4 is 22.4 Å². The number of halogens is 4. The predicted octanol–water partition coefficient (Wildman–Crippen LogP) is 3.91. The number of pyridine rings is 1. The van der Waals surface area contributed by atoms with Crippen LogP contribution in [0.1, 0.15) is 5.56 Å². The fourth-order valence-corrected chi connectivity index (χ4v) is 1.46. The van der Waals surface area contributed by atoms with E-state index in [-0.39, 0.29) is 5.15 Å². The molecule has 1 nitrogen and oxygen atoms in total. The second-order valence-corrected chi connectivity index (χ2v) is 3.45. The van der Waals surface area contributed by atoms with Crippen LogP contribution in [0.3, 0.4) is 0 Å². The first-order valence-electron chi connectivity index (χ1n) is 4.09. The Hall–Kier alpha value is -1.29. The number of nitrogens with zero attached hydrogens (tertiary/aromatic N) is 1. The van der Waals surface area contributed by atoms with Crippen molar-refractivity contribution in [1.29, 1.82) is 0 Å². The number of benzene rings is 1. The molecule has 0 unspecified atom stereocenters. The van der Waals surface area contributed by atoms with Gasteiger partial charge in [0.2, 0.25) is 0 Å². The Kier molecular flexibility index (Phi) is 2.31. The Morgan fingerprint density at radius 2 is 1.80 bits per heavy atom. The van der Waals surface area contributed by atoms with Crippen molar-refractivity contribution in [3.05, 3.63) is 41.2 Å². The SMILES string of the molecule is FC(F)(F)c1ccc2cc(Cl)ncc2c1. The third-order valence-electron chi connectivity index (χ3n) is 2.02. The largest absolute Gasteiger partial charge is 0.416 e. The first-order valence-corrected chi connectivity index (χ1v) is 4.47. The number of alkyl halides is 3. The molecule has 0 aliphatic rings. The van der Waals surface area contributed by atoms with Crippen LogP contribution < -0.4 is 0 Å². The summed E-state index contributed by atoms with van der Waals surface area (Å²) in [5.74, 6) is 0. The van der Waals surface area contributed by atoms with E-state index in [4.69, 9.17) is 11.6 Å². The van der Waals surface area contributed by atoms with Crippen molar-refractivity contribution in [3.8, 4) is 0 Å². The second-order valence-electron chi connectivity index (χ2n) is 3.07. The minimum absolute atomic E-state index is 0.266. The van der Waals surface area contributed by atoms with E-state index < -0.39 is 11.7 Å². The van der Waals surface area contributed by atoms with Gasteiger partial charge in [0.15, 0.2) is 0 Å². The maximum Gasteiger partial charge on any atom is 0.416 e. The van der Waals surface area contributed by atoms with Gasteiger partial charge in [-0.3, -0.25) is 0 Å². The molecule has 0 fully saturated rings. The van der Waals surface area contributed by atoms with Gasteiger partial charge in [-0.25, -0.2) is 4.98 Å². The van der Waals surface area contributed by atoms with Gasteiger partial charge in [0.25, 0.3) is 0 Å². The summed E-state index contributed by atoms with van der Waals surface area (Å²) < 4.78 is 37.0. The zero-order valence-electron chi connectivity index (χ0n) is 7.35. The zero-order valence-corrected chi connectivity index (χ0v) is 8.10. The van der Waals surface area contributed by atoms with Gasteiger partial charge in [0, 0.05) is 11.6 Å². The van der Waals surface area contributed by atoms with Crippen molar-refractivity contribution in [1.82, 2.24) is 4.98 Å². The lowest BCUT2D eigenvalue weighted by atomic mass is 10.1. The van der Waals surface area contributed by atoms with Gasteiger partial charge in [-0.2, -0.15) is 13.2 Å². The fourth-order valence-electron chi connectivity index (χ4n) is 1.29. The molecule has 2 aromatic rings. The third-order valence-corrected chi connectivity index (χ3v) is 2.22. The maximum atomic E-state index is 12.3. The molecule has 0 bridgehead atoms. The lowest BCUT2D eigenvalue weighted by Gasteiger charge is -2.07. The van der Waals surface area contributed by atoms with Gasteiger partial charge >= 0.3 is 6.18 Å². The Morgan fingerprint density at radius 1 is 1.07 bits per heavy atom. The standard InChI is InChI=1S/C10H5ClF3N/c11-9-4-6-1-2-8(10(12,13)14)3-7(6)5-15-9/h1-5H. The number of hydrogen-bond donors (Lipinski definition) is 0. The quantitative estimate of drug-likeness (QED) is 0.627. The lowest BCUT2D eigenvalue weighted by molar-refractivity contribution is -0.137. The molecule has 0 aliphatic carbocycles. The van der Waals surface area contributed by atoms with E-state index in [9.17, 15) is 13.2 Å². The number of aromatic nitrogens is 1. The topological polar surface area (TPSA) is 12.9 Å². The predicted molar refractivity (Wildman–Crippen MR) is 51.8 cm³/mol.